The summed E-state index contributed by atoms with van der Waals surface area (Å²) in [6, 6.07) is 7.17. The van der Waals surface area contributed by atoms with Crippen LogP contribution < -0.4 is 5.43 Å². The van der Waals surface area contributed by atoms with Gasteiger partial charge >= 0.3 is 0 Å². The summed E-state index contributed by atoms with van der Waals surface area (Å²) in [6.07, 6.45) is 0. The van der Waals surface area contributed by atoms with Gasteiger partial charge in [-0.1, -0.05) is 12.1 Å². The van der Waals surface area contributed by atoms with Gasteiger partial charge in [-0.15, -0.1) is 12.6 Å². The van der Waals surface area contributed by atoms with Crippen molar-refractivity contribution in [3.05, 3.63) is 29.8 Å². The lowest BCUT2D eigenvalue weighted by atomic mass is 10.2. The average Bonchev–Trinajstić information content (AvgIpc) is 2.03. The second kappa shape index (κ2) is 4.30. The number of nitrogens with one attached hydrogen (secondary N) is 1. The van der Waals surface area contributed by atoms with Crippen molar-refractivity contribution in [2.24, 2.45) is 0 Å². The summed E-state index contributed by atoms with van der Waals surface area (Å²) in [5.74, 6) is -0.143. The van der Waals surface area contributed by atoms with Gasteiger partial charge in [0.25, 0.3) is 5.91 Å². The molecular weight excluding hydrogens is 184 g/mol. The highest BCUT2D eigenvalue weighted by molar-refractivity contribution is 7.80. The summed E-state index contributed by atoms with van der Waals surface area (Å²) in [7, 11) is 3.53. The predicted molar refractivity (Wildman–Crippen MR) is 54.8 cm³/mol. The molecule has 0 saturated carbocycles. The maximum atomic E-state index is 11.5. The molecule has 1 N–H and O–H groups in total. The van der Waals surface area contributed by atoms with Gasteiger partial charge in [0, 0.05) is 19.0 Å². The molecule has 0 unspecified atom stereocenters. The summed E-state index contributed by atoms with van der Waals surface area (Å²) in [6.45, 7) is 0. The number of benzene rings is 1. The van der Waals surface area contributed by atoms with Crippen molar-refractivity contribution in [3.63, 3.8) is 0 Å². The van der Waals surface area contributed by atoms with Gasteiger partial charge in [-0.05, 0) is 12.1 Å². The Morgan fingerprint density at radius 2 is 2.00 bits per heavy atom. The third kappa shape index (κ3) is 2.75. The van der Waals surface area contributed by atoms with Crippen LogP contribution in [0.5, 0.6) is 0 Å². The molecule has 0 radical (unpaired) electrons. The first-order valence-corrected chi connectivity index (χ1v) is 4.32. The number of hydrazine groups is 1. The van der Waals surface area contributed by atoms with Crippen molar-refractivity contribution in [3.8, 4) is 0 Å². The molecule has 0 bridgehead atoms. The Balaban J connectivity index is 2.83. The first kappa shape index (κ1) is 10.1. The zero-order chi connectivity index (χ0) is 9.84. The van der Waals surface area contributed by atoms with Crippen LogP contribution in [0.4, 0.5) is 0 Å². The number of nitrogens with zero attached hydrogens (tertiary/aromatic N) is 1. The van der Waals surface area contributed by atoms with E-state index in [9.17, 15) is 4.79 Å². The van der Waals surface area contributed by atoms with E-state index in [1.807, 2.05) is 12.1 Å². The van der Waals surface area contributed by atoms with Gasteiger partial charge in [0.15, 0.2) is 0 Å². The largest absolute Gasteiger partial charge is 0.285 e. The van der Waals surface area contributed by atoms with Crippen LogP contribution in [-0.2, 0) is 0 Å². The van der Waals surface area contributed by atoms with Crippen LogP contribution >= 0.6 is 12.6 Å². The van der Waals surface area contributed by atoms with Crippen LogP contribution in [0.2, 0.25) is 0 Å². The summed E-state index contributed by atoms with van der Waals surface area (Å²) in [4.78, 5) is 12.2. The lowest BCUT2D eigenvalue weighted by molar-refractivity contribution is 0.0854. The molecule has 1 aromatic carbocycles. The highest BCUT2D eigenvalue weighted by atomic mass is 32.1. The smallest absolute Gasteiger partial charge is 0.266 e. The zero-order valence-corrected chi connectivity index (χ0v) is 8.51. The second-order valence-corrected chi connectivity index (χ2v) is 3.33. The third-order valence-corrected chi connectivity index (χ3v) is 1.86. The topological polar surface area (TPSA) is 32.3 Å². The Morgan fingerprint density at radius 3 is 2.54 bits per heavy atom. The number of carbonyl (C=O) groups excluding carboxylic acids is 1. The van der Waals surface area contributed by atoms with E-state index in [1.165, 1.54) is 0 Å². The standard InChI is InChI=1S/C9H12N2OS/c1-11(2)10-9(12)7-5-3-4-6-8(7)13/h3-6,13H,1-2H3,(H,10,12). The van der Waals surface area contributed by atoms with Crippen LogP contribution in [0.3, 0.4) is 0 Å². The van der Waals surface area contributed by atoms with Crippen LogP contribution in [0.25, 0.3) is 0 Å². The van der Waals surface area contributed by atoms with E-state index >= 15 is 0 Å². The Hall–Kier alpha value is -1.00. The van der Waals surface area contributed by atoms with Crippen molar-refractivity contribution < 1.29 is 4.79 Å². The molecule has 0 aliphatic carbocycles. The molecule has 3 nitrogen and oxygen atoms in total. The van der Waals surface area contributed by atoms with Crippen molar-refractivity contribution >= 4 is 18.5 Å². The van der Waals surface area contributed by atoms with Gasteiger partial charge in [-0.2, -0.15) is 0 Å². The number of amides is 1. The molecule has 1 amide bonds. The fourth-order valence-electron chi connectivity index (χ4n) is 0.929. The second-order valence-electron chi connectivity index (χ2n) is 2.85. The number of thiol groups is 1. The Bertz CT molecular complexity index is 312. The monoisotopic (exact) mass is 196 g/mol. The van der Waals surface area contributed by atoms with Gasteiger partial charge in [0.2, 0.25) is 0 Å². The Labute approximate surface area is 83.1 Å². The van der Waals surface area contributed by atoms with E-state index in [-0.39, 0.29) is 5.91 Å². The summed E-state index contributed by atoms with van der Waals surface area (Å²) in [5.41, 5.74) is 3.23. The van der Waals surface area contributed by atoms with Crippen molar-refractivity contribution in [1.29, 1.82) is 0 Å². The highest BCUT2D eigenvalue weighted by Gasteiger charge is 2.07. The van der Waals surface area contributed by atoms with Gasteiger partial charge in [-0.3, -0.25) is 10.2 Å². The SMILES string of the molecule is CN(C)NC(=O)c1ccccc1S. The van der Waals surface area contributed by atoms with E-state index in [0.29, 0.717) is 10.5 Å². The molecule has 0 spiro atoms. The summed E-state index contributed by atoms with van der Waals surface area (Å²) < 4.78 is 0. The molecule has 13 heavy (non-hydrogen) atoms. The molecule has 70 valence electrons. The molecule has 0 fully saturated rings. The molecule has 1 aromatic rings. The minimum atomic E-state index is -0.143. The quantitative estimate of drug-likeness (QED) is 0.550. The highest BCUT2D eigenvalue weighted by Crippen LogP contribution is 2.12. The van der Waals surface area contributed by atoms with Crippen LogP contribution in [0.15, 0.2) is 29.2 Å². The molecule has 0 aliphatic heterocycles. The molecular formula is C9H12N2OS. The lowest BCUT2D eigenvalue weighted by Crippen LogP contribution is -2.36. The summed E-state index contributed by atoms with van der Waals surface area (Å²) in [5, 5.41) is 1.60. The van der Waals surface area contributed by atoms with Crippen LogP contribution in [-0.4, -0.2) is 25.0 Å². The van der Waals surface area contributed by atoms with E-state index < -0.39 is 0 Å². The maximum Gasteiger partial charge on any atom is 0.266 e. The maximum absolute atomic E-state index is 11.5. The van der Waals surface area contributed by atoms with Gasteiger partial charge < -0.3 is 0 Å². The molecule has 0 atom stereocenters. The predicted octanol–water partition coefficient (Wildman–Crippen LogP) is 1.18. The summed E-state index contributed by atoms with van der Waals surface area (Å²) >= 11 is 4.18. The van der Waals surface area contributed by atoms with Crippen molar-refractivity contribution in [1.82, 2.24) is 10.4 Å². The lowest BCUT2D eigenvalue weighted by Gasteiger charge is -2.12. The molecule has 0 heterocycles. The fraction of sp³-hybridized carbons (Fsp3) is 0.222. The van der Waals surface area contributed by atoms with Crippen LogP contribution in [0.1, 0.15) is 10.4 Å². The number of hydrogen-bond donors (Lipinski definition) is 2. The molecule has 0 saturated heterocycles. The third-order valence-electron chi connectivity index (χ3n) is 1.47. The van der Waals surface area contributed by atoms with E-state index in [4.69, 9.17) is 0 Å². The first-order valence-electron chi connectivity index (χ1n) is 3.87. The molecule has 0 aliphatic rings. The average molecular weight is 196 g/mol. The molecule has 1 rings (SSSR count). The van der Waals surface area contributed by atoms with Gasteiger partial charge in [0.1, 0.15) is 0 Å². The number of hydrogen-bond acceptors (Lipinski definition) is 3. The normalized spacial score (nSPS) is 10.2. The zero-order valence-electron chi connectivity index (χ0n) is 7.61. The molecule has 0 aromatic heterocycles. The van der Waals surface area contributed by atoms with Gasteiger partial charge in [0.05, 0.1) is 5.56 Å². The fourth-order valence-corrected chi connectivity index (χ4v) is 1.19. The van der Waals surface area contributed by atoms with Crippen molar-refractivity contribution in [2.75, 3.05) is 14.1 Å². The van der Waals surface area contributed by atoms with E-state index in [0.717, 1.165) is 0 Å². The van der Waals surface area contributed by atoms with Crippen LogP contribution in [0, 0.1) is 0 Å². The number of carbonyl (C=O) groups is 1. The minimum absolute atomic E-state index is 0.143. The van der Waals surface area contributed by atoms with E-state index in [1.54, 1.807) is 31.2 Å². The van der Waals surface area contributed by atoms with Crippen molar-refractivity contribution in [2.45, 2.75) is 4.90 Å². The Kier molecular flexibility index (Phi) is 3.33. The first-order chi connectivity index (χ1) is 6.11. The minimum Gasteiger partial charge on any atom is -0.285 e. The number of rotatable bonds is 2. The molecule has 4 heteroatoms. The van der Waals surface area contributed by atoms with E-state index in [2.05, 4.69) is 18.1 Å². The van der Waals surface area contributed by atoms with Gasteiger partial charge in [-0.25, -0.2) is 5.01 Å². The Morgan fingerprint density at radius 1 is 1.38 bits per heavy atom.